The van der Waals surface area contributed by atoms with Crippen molar-refractivity contribution in [1.29, 1.82) is 0 Å². The maximum absolute atomic E-state index is 12.0. The number of imide groups is 1. The first-order valence-electron chi connectivity index (χ1n) is 8.74. The monoisotopic (exact) mass is 381 g/mol. The van der Waals surface area contributed by atoms with Crippen LogP contribution in [-0.4, -0.2) is 50.0 Å². The molecule has 0 spiro atoms. The smallest absolute Gasteiger partial charge is 0.261 e. The van der Waals surface area contributed by atoms with Crippen LogP contribution in [0.25, 0.3) is 0 Å². The molecule has 7 nitrogen and oxygen atoms in total. The summed E-state index contributed by atoms with van der Waals surface area (Å²) < 4.78 is 25.7. The van der Waals surface area contributed by atoms with Gasteiger partial charge < -0.3 is 5.32 Å². The highest BCUT2D eigenvalue weighted by Crippen LogP contribution is 2.24. The van der Waals surface area contributed by atoms with Crippen molar-refractivity contribution in [2.75, 3.05) is 25.5 Å². The number of sulfonamides is 1. The molecule has 8 heteroatoms. The van der Waals surface area contributed by atoms with Gasteiger partial charge in [-0.15, -0.1) is 0 Å². The molecule has 1 aromatic carbocycles. The van der Waals surface area contributed by atoms with Crippen molar-refractivity contribution >= 4 is 27.5 Å². The van der Waals surface area contributed by atoms with Crippen LogP contribution in [0.1, 0.15) is 60.7 Å². The second kappa shape index (κ2) is 7.75. The van der Waals surface area contributed by atoms with Gasteiger partial charge in [0.1, 0.15) is 0 Å². The van der Waals surface area contributed by atoms with Gasteiger partial charge in [0.15, 0.2) is 0 Å². The van der Waals surface area contributed by atoms with Crippen molar-refractivity contribution < 1.29 is 18.0 Å². The van der Waals surface area contributed by atoms with Crippen LogP contribution in [0.15, 0.2) is 18.2 Å². The van der Waals surface area contributed by atoms with Gasteiger partial charge in [-0.1, -0.05) is 6.42 Å². The highest BCUT2D eigenvalue weighted by molar-refractivity contribution is 7.90. The third-order valence-corrected chi connectivity index (χ3v) is 6.57. The third-order valence-electron chi connectivity index (χ3n) is 4.37. The van der Waals surface area contributed by atoms with Gasteiger partial charge in [-0.2, -0.15) is 0 Å². The van der Waals surface area contributed by atoms with Crippen molar-refractivity contribution in [2.24, 2.45) is 0 Å². The molecule has 0 atom stereocenters. The molecule has 1 aromatic rings. The quantitative estimate of drug-likeness (QED) is 0.532. The number of nitrogens with one attached hydrogen (secondary N) is 2. The molecule has 0 radical (unpaired) electrons. The lowest BCUT2D eigenvalue weighted by Gasteiger charge is -2.19. The number of fused-ring (bicyclic) bond motifs is 1. The van der Waals surface area contributed by atoms with Gasteiger partial charge in [-0.25, -0.2) is 13.1 Å². The summed E-state index contributed by atoms with van der Waals surface area (Å²) in [6.45, 7) is 6.16. The molecule has 0 aromatic heterocycles. The lowest BCUT2D eigenvalue weighted by Crippen LogP contribution is -2.39. The molecule has 1 aliphatic heterocycles. The van der Waals surface area contributed by atoms with Crippen molar-refractivity contribution in [3.8, 4) is 0 Å². The topological polar surface area (TPSA) is 95.6 Å². The molecule has 26 heavy (non-hydrogen) atoms. The van der Waals surface area contributed by atoms with Gasteiger partial charge in [0.05, 0.1) is 15.9 Å². The number of carbonyl (C=O) groups is 2. The number of nitrogens with zero attached hydrogens (tertiary/aromatic N) is 1. The summed E-state index contributed by atoms with van der Waals surface area (Å²) in [6, 6.07) is 5.17. The van der Waals surface area contributed by atoms with Gasteiger partial charge in [0.25, 0.3) is 11.8 Å². The van der Waals surface area contributed by atoms with E-state index in [-0.39, 0.29) is 11.8 Å². The fourth-order valence-corrected chi connectivity index (χ4v) is 3.40. The van der Waals surface area contributed by atoms with Crippen molar-refractivity contribution in [2.45, 2.75) is 44.8 Å². The number of hydrogen-bond donors (Lipinski definition) is 2. The highest BCUT2D eigenvalue weighted by Gasteiger charge is 2.32. The molecule has 2 rings (SSSR count). The number of amides is 2. The average Bonchev–Trinajstić information content (AvgIpc) is 2.77. The lowest BCUT2D eigenvalue weighted by molar-refractivity contribution is 0.0693. The summed E-state index contributed by atoms with van der Waals surface area (Å²) in [5, 5.41) is 3.24. The zero-order valence-electron chi connectivity index (χ0n) is 15.8. The van der Waals surface area contributed by atoms with E-state index in [0.29, 0.717) is 24.2 Å². The van der Waals surface area contributed by atoms with Gasteiger partial charge in [0, 0.05) is 25.8 Å². The highest BCUT2D eigenvalue weighted by atomic mass is 32.2. The van der Waals surface area contributed by atoms with E-state index in [4.69, 9.17) is 0 Å². The van der Waals surface area contributed by atoms with E-state index in [9.17, 15) is 18.0 Å². The molecule has 0 unspecified atom stereocenters. The number of hydrogen-bond acceptors (Lipinski definition) is 5. The largest absolute Gasteiger partial charge is 0.385 e. The van der Waals surface area contributed by atoms with Crippen LogP contribution >= 0.6 is 0 Å². The van der Waals surface area contributed by atoms with E-state index >= 15 is 0 Å². The Kier molecular flexibility index (Phi) is 6.08. The second-order valence-electron chi connectivity index (χ2n) is 7.43. The molecule has 144 valence electrons. The first kappa shape index (κ1) is 20.4. The van der Waals surface area contributed by atoms with Crippen LogP contribution in [-0.2, 0) is 10.0 Å². The van der Waals surface area contributed by atoms with Crippen LogP contribution in [0.2, 0.25) is 0 Å². The molecule has 0 fully saturated rings. The SMILES string of the molecule is CN1C(=O)c2ccc(NCCCCCNS(=O)(=O)C(C)(C)C)cc2C1=O. The average molecular weight is 381 g/mol. The molecule has 0 saturated heterocycles. The summed E-state index contributed by atoms with van der Waals surface area (Å²) in [7, 11) is -1.80. The van der Waals surface area contributed by atoms with Crippen LogP contribution < -0.4 is 10.0 Å². The zero-order chi connectivity index (χ0) is 19.5. The van der Waals surface area contributed by atoms with Crippen molar-refractivity contribution in [3.63, 3.8) is 0 Å². The standard InChI is InChI=1S/C18H27N3O4S/c1-18(2,3)26(24,25)20-11-7-5-6-10-19-13-8-9-14-15(12-13)17(23)21(4)16(14)22/h8-9,12,19-20H,5-7,10-11H2,1-4H3. The van der Waals surface area contributed by atoms with Crippen LogP contribution in [0.5, 0.6) is 0 Å². The molecule has 1 heterocycles. The number of rotatable bonds is 8. The predicted molar refractivity (Wildman–Crippen MR) is 102 cm³/mol. The molecule has 0 saturated carbocycles. The van der Waals surface area contributed by atoms with Gasteiger partial charge in [0.2, 0.25) is 10.0 Å². The Hall–Kier alpha value is -1.93. The molecule has 0 bridgehead atoms. The number of benzene rings is 1. The molecular formula is C18H27N3O4S. The third kappa shape index (κ3) is 4.42. The van der Waals surface area contributed by atoms with Crippen LogP contribution in [0.4, 0.5) is 5.69 Å². The minimum absolute atomic E-state index is 0.269. The first-order valence-corrected chi connectivity index (χ1v) is 10.2. The fraction of sp³-hybridized carbons (Fsp3) is 0.556. The van der Waals surface area contributed by atoms with Gasteiger partial charge in [-0.3, -0.25) is 14.5 Å². The Morgan fingerprint density at radius 2 is 1.58 bits per heavy atom. The second-order valence-corrected chi connectivity index (χ2v) is 9.95. The summed E-state index contributed by atoms with van der Waals surface area (Å²) >= 11 is 0. The van der Waals surface area contributed by atoms with Crippen molar-refractivity contribution in [3.05, 3.63) is 29.3 Å². The van der Waals surface area contributed by atoms with E-state index in [1.54, 1.807) is 39.0 Å². The summed E-state index contributed by atoms with van der Waals surface area (Å²) in [4.78, 5) is 24.9. The van der Waals surface area contributed by atoms with E-state index in [2.05, 4.69) is 10.0 Å². The lowest BCUT2D eigenvalue weighted by atomic mass is 10.1. The summed E-state index contributed by atoms with van der Waals surface area (Å²) in [5.74, 6) is -0.547. The maximum Gasteiger partial charge on any atom is 0.261 e. The normalized spacial score (nSPS) is 14.7. The zero-order valence-corrected chi connectivity index (χ0v) is 16.6. The van der Waals surface area contributed by atoms with Crippen molar-refractivity contribution in [1.82, 2.24) is 9.62 Å². The van der Waals surface area contributed by atoms with Gasteiger partial charge in [-0.05, 0) is 51.8 Å². The molecule has 0 aliphatic carbocycles. The number of carbonyl (C=O) groups excluding carboxylic acids is 2. The summed E-state index contributed by atoms with van der Waals surface area (Å²) in [5.41, 5.74) is 1.67. The minimum atomic E-state index is -3.28. The Bertz CT molecular complexity index is 797. The molecular weight excluding hydrogens is 354 g/mol. The van der Waals surface area contributed by atoms with Crippen LogP contribution in [0, 0.1) is 0 Å². The fourth-order valence-electron chi connectivity index (χ4n) is 2.55. The molecule has 2 N–H and O–H groups in total. The first-order chi connectivity index (χ1) is 12.0. The predicted octanol–water partition coefficient (Wildman–Crippen LogP) is 2.21. The van der Waals surface area contributed by atoms with Gasteiger partial charge >= 0.3 is 0 Å². The maximum atomic E-state index is 12.0. The van der Waals surface area contributed by atoms with E-state index in [1.165, 1.54) is 7.05 Å². The Morgan fingerprint density at radius 3 is 2.23 bits per heavy atom. The molecule has 1 aliphatic rings. The summed E-state index contributed by atoms with van der Waals surface area (Å²) in [6.07, 6.45) is 2.52. The Morgan fingerprint density at radius 1 is 0.962 bits per heavy atom. The molecule has 2 amide bonds. The number of anilines is 1. The van der Waals surface area contributed by atoms with E-state index in [0.717, 1.165) is 29.8 Å². The Labute approximate surface area is 155 Å². The van der Waals surface area contributed by atoms with E-state index in [1.807, 2.05) is 0 Å². The van der Waals surface area contributed by atoms with E-state index < -0.39 is 14.8 Å². The minimum Gasteiger partial charge on any atom is -0.385 e. The Balaban J connectivity index is 1.72. The van der Waals surface area contributed by atoms with Crippen LogP contribution in [0.3, 0.4) is 0 Å². The number of unbranched alkanes of at least 4 members (excludes halogenated alkanes) is 2.